The van der Waals surface area contributed by atoms with Crippen LogP contribution in [0, 0.1) is 0 Å². The normalized spacial score (nSPS) is 14.0. The second kappa shape index (κ2) is 56.4. The standard InChI is InChI=1S/C65H127N2O6P/c1-6-8-10-12-14-16-18-20-22-24-26-27-28-29-30-31-32-33-34-35-36-37-38-39-40-41-43-45-47-49-51-53-55-57-59-65(69)66-63(62-73-74(70,71)72-61-60-67(3,4)5)64(68)58-56-54-52-50-48-46-44-42-25-23-21-19-17-15-13-11-9-7-2/h25,42,48,50,56,58,63-64,68H,6-24,26-41,43-47,49,51-55,57,59-62H2,1-5H3,(H-,66,69,70,71)/b42-25+,50-48+,58-56+. The van der Waals surface area contributed by atoms with E-state index in [-0.39, 0.29) is 12.5 Å². The highest BCUT2D eigenvalue weighted by Crippen LogP contribution is 2.38. The molecule has 0 spiro atoms. The Hall–Kier alpha value is -1.28. The van der Waals surface area contributed by atoms with Crippen molar-refractivity contribution in [3.05, 3.63) is 36.5 Å². The Bertz CT molecular complexity index is 1300. The van der Waals surface area contributed by atoms with Crippen LogP contribution in [0.4, 0.5) is 0 Å². The number of unbranched alkanes of at least 4 members (excludes halogenated alkanes) is 43. The highest BCUT2D eigenvalue weighted by molar-refractivity contribution is 7.45. The lowest BCUT2D eigenvalue weighted by molar-refractivity contribution is -0.870. The van der Waals surface area contributed by atoms with E-state index in [2.05, 4.69) is 43.5 Å². The number of quaternary nitrogens is 1. The van der Waals surface area contributed by atoms with E-state index in [1.807, 2.05) is 27.2 Å². The van der Waals surface area contributed by atoms with Crippen LogP contribution in [0.3, 0.4) is 0 Å². The number of carbonyl (C=O) groups is 1. The van der Waals surface area contributed by atoms with Crippen LogP contribution in [0.5, 0.6) is 0 Å². The summed E-state index contributed by atoms with van der Waals surface area (Å²) in [5.74, 6) is -0.205. The smallest absolute Gasteiger partial charge is 0.268 e. The van der Waals surface area contributed by atoms with Gasteiger partial charge in [-0.05, 0) is 44.9 Å². The minimum Gasteiger partial charge on any atom is -0.756 e. The van der Waals surface area contributed by atoms with Crippen molar-refractivity contribution in [3.63, 3.8) is 0 Å². The van der Waals surface area contributed by atoms with Crippen molar-refractivity contribution in [2.75, 3.05) is 40.9 Å². The van der Waals surface area contributed by atoms with Crippen LogP contribution in [0.25, 0.3) is 0 Å². The average Bonchev–Trinajstić information content (AvgIpc) is 3.36. The Morgan fingerprint density at radius 1 is 0.459 bits per heavy atom. The molecular formula is C65H127N2O6P. The van der Waals surface area contributed by atoms with Crippen molar-refractivity contribution in [1.82, 2.24) is 5.32 Å². The monoisotopic (exact) mass is 1060 g/mol. The zero-order chi connectivity index (χ0) is 54.2. The number of phosphoric ester groups is 1. The maximum atomic E-state index is 13.0. The van der Waals surface area contributed by atoms with Crippen molar-refractivity contribution in [1.29, 1.82) is 0 Å². The summed E-state index contributed by atoms with van der Waals surface area (Å²) >= 11 is 0. The predicted molar refractivity (Wildman–Crippen MR) is 321 cm³/mol. The van der Waals surface area contributed by atoms with E-state index in [4.69, 9.17) is 9.05 Å². The number of hydrogen-bond donors (Lipinski definition) is 2. The molecule has 0 fully saturated rings. The molecule has 74 heavy (non-hydrogen) atoms. The maximum absolute atomic E-state index is 13.0. The molecule has 0 saturated heterocycles. The summed E-state index contributed by atoms with van der Waals surface area (Å²) < 4.78 is 23.4. The lowest BCUT2D eigenvalue weighted by Gasteiger charge is -2.29. The summed E-state index contributed by atoms with van der Waals surface area (Å²) in [6.07, 6.45) is 74.1. The van der Waals surface area contributed by atoms with E-state index in [0.717, 1.165) is 44.9 Å². The zero-order valence-corrected chi connectivity index (χ0v) is 51.0. The number of aliphatic hydroxyl groups excluding tert-OH is 1. The summed E-state index contributed by atoms with van der Waals surface area (Å²) in [7, 11) is 1.25. The second-order valence-electron chi connectivity index (χ2n) is 23.5. The molecule has 0 aromatic heterocycles. The number of amides is 1. The van der Waals surface area contributed by atoms with Gasteiger partial charge < -0.3 is 28.8 Å². The van der Waals surface area contributed by atoms with Gasteiger partial charge in [-0.1, -0.05) is 307 Å². The molecule has 0 radical (unpaired) electrons. The van der Waals surface area contributed by atoms with Gasteiger partial charge in [-0.15, -0.1) is 0 Å². The van der Waals surface area contributed by atoms with E-state index in [0.29, 0.717) is 17.4 Å². The lowest BCUT2D eigenvalue weighted by atomic mass is 10.0. The van der Waals surface area contributed by atoms with Crippen molar-refractivity contribution in [2.45, 2.75) is 334 Å². The number of rotatable bonds is 60. The van der Waals surface area contributed by atoms with Gasteiger partial charge in [0.1, 0.15) is 13.2 Å². The highest BCUT2D eigenvalue weighted by Gasteiger charge is 2.23. The molecule has 0 bridgehead atoms. The molecule has 0 aromatic carbocycles. The van der Waals surface area contributed by atoms with Gasteiger partial charge >= 0.3 is 0 Å². The Kier molecular flexibility index (Phi) is 55.5. The van der Waals surface area contributed by atoms with E-state index in [1.165, 1.54) is 257 Å². The van der Waals surface area contributed by atoms with Crippen LogP contribution >= 0.6 is 7.82 Å². The fourth-order valence-corrected chi connectivity index (χ4v) is 10.5. The van der Waals surface area contributed by atoms with Crippen LogP contribution in [-0.2, 0) is 18.4 Å². The van der Waals surface area contributed by atoms with Gasteiger partial charge in [-0.3, -0.25) is 9.36 Å². The zero-order valence-electron chi connectivity index (χ0n) is 50.1. The first-order valence-electron chi connectivity index (χ1n) is 32.4. The molecule has 0 aliphatic heterocycles. The molecule has 9 heteroatoms. The fourth-order valence-electron chi connectivity index (χ4n) is 9.78. The molecule has 1 amide bonds. The van der Waals surface area contributed by atoms with Gasteiger partial charge in [-0.25, -0.2) is 0 Å². The summed E-state index contributed by atoms with van der Waals surface area (Å²) in [5.41, 5.74) is 0. The lowest BCUT2D eigenvalue weighted by Crippen LogP contribution is -2.45. The van der Waals surface area contributed by atoms with Gasteiger partial charge in [-0.2, -0.15) is 0 Å². The quantitative estimate of drug-likeness (QED) is 0.0272. The number of carbonyl (C=O) groups excluding carboxylic acids is 1. The molecule has 0 aliphatic rings. The Balaban J connectivity index is 4.02. The van der Waals surface area contributed by atoms with Gasteiger partial charge in [0.25, 0.3) is 7.82 Å². The average molecular weight is 1060 g/mol. The van der Waals surface area contributed by atoms with Crippen molar-refractivity contribution >= 4 is 13.7 Å². The van der Waals surface area contributed by atoms with Crippen LogP contribution in [0.15, 0.2) is 36.5 Å². The minimum absolute atomic E-state index is 0.00733. The fraction of sp³-hybridized carbons (Fsp3) is 0.892. The molecular weight excluding hydrogens is 936 g/mol. The SMILES string of the molecule is CCCCCCCCCC/C=C/CC/C=C/CC/C=C/C(O)C(COP(=O)([O-])OCC[N+](C)(C)C)NC(=O)CCCCCCCCCCCCCCCCCCCCCCCCCCCCCCCCCCCC. The number of likely N-dealkylation sites (N-methyl/N-ethyl adjacent to an activating group) is 1. The first-order chi connectivity index (χ1) is 36.0. The number of nitrogens with zero attached hydrogens (tertiary/aromatic N) is 1. The minimum atomic E-state index is -4.61. The maximum Gasteiger partial charge on any atom is 0.268 e. The van der Waals surface area contributed by atoms with Crippen LogP contribution in [0.1, 0.15) is 322 Å². The topological polar surface area (TPSA) is 108 Å². The number of hydrogen-bond acceptors (Lipinski definition) is 6. The van der Waals surface area contributed by atoms with Crippen LogP contribution < -0.4 is 10.2 Å². The molecule has 0 saturated carbocycles. The molecule has 3 unspecified atom stereocenters. The largest absolute Gasteiger partial charge is 0.756 e. The van der Waals surface area contributed by atoms with E-state index >= 15 is 0 Å². The van der Waals surface area contributed by atoms with E-state index in [9.17, 15) is 19.4 Å². The molecule has 0 aromatic rings. The molecule has 8 nitrogen and oxygen atoms in total. The van der Waals surface area contributed by atoms with Gasteiger partial charge in [0.05, 0.1) is 39.9 Å². The summed E-state index contributed by atoms with van der Waals surface area (Å²) in [6, 6.07) is -0.908. The Labute approximate surface area is 461 Å². The number of allylic oxidation sites excluding steroid dienone is 5. The summed E-state index contributed by atoms with van der Waals surface area (Å²) in [6.45, 7) is 4.66. The van der Waals surface area contributed by atoms with Crippen molar-refractivity contribution in [2.24, 2.45) is 0 Å². The predicted octanol–water partition coefficient (Wildman–Crippen LogP) is 19.5. The Morgan fingerprint density at radius 3 is 1.09 bits per heavy atom. The second-order valence-corrected chi connectivity index (χ2v) is 24.9. The van der Waals surface area contributed by atoms with E-state index < -0.39 is 26.6 Å². The van der Waals surface area contributed by atoms with Crippen molar-refractivity contribution < 1.29 is 32.9 Å². The van der Waals surface area contributed by atoms with Gasteiger partial charge in [0.2, 0.25) is 5.91 Å². The Morgan fingerprint density at radius 2 is 0.757 bits per heavy atom. The number of aliphatic hydroxyl groups is 1. The third-order valence-electron chi connectivity index (χ3n) is 14.8. The summed E-state index contributed by atoms with van der Waals surface area (Å²) in [4.78, 5) is 25.5. The first kappa shape index (κ1) is 72.7. The molecule has 3 atom stereocenters. The first-order valence-corrected chi connectivity index (χ1v) is 33.8. The van der Waals surface area contributed by atoms with E-state index in [1.54, 1.807) is 6.08 Å². The van der Waals surface area contributed by atoms with Crippen LogP contribution in [-0.4, -0.2) is 68.5 Å². The third kappa shape index (κ3) is 58.4. The number of nitrogens with one attached hydrogen (secondary N) is 1. The third-order valence-corrected chi connectivity index (χ3v) is 15.8. The highest BCUT2D eigenvalue weighted by atomic mass is 31.2. The van der Waals surface area contributed by atoms with Crippen molar-refractivity contribution in [3.8, 4) is 0 Å². The molecule has 0 aliphatic carbocycles. The number of phosphoric acid groups is 1. The molecule has 0 rings (SSSR count). The summed E-state index contributed by atoms with van der Waals surface area (Å²) in [5, 5.41) is 13.9. The van der Waals surface area contributed by atoms with Gasteiger partial charge in [0.15, 0.2) is 0 Å². The van der Waals surface area contributed by atoms with Gasteiger partial charge in [0, 0.05) is 6.42 Å². The molecule has 2 N–H and O–H groups in total. The molecule has 438 valence electrons. The van der Waals surface area contributed by atoms with Crippen LogP contribution in [0.2, 0.25) is 0 Å². The molecule has 0 heterocycles.